The molecule has 0 aromatic rings. The minimum Gasteiger partial charge on any atom is -0.460 e. The van der Waals surface area contributed by atoms with Crippen LogP contribution in [0.15, 0.2) is 0 Å². The molecule has 0 fully saturated rings. The van der Waals surface area contributed by atoms with Crippen LogP contribution in [0.3, 0.4) is 0 Å². The summed E-state index contributed by atoms with van der Waals surface area (Å²) in [6.07, 6.45) is 1.40. The van der Waals surface area contributed by atoms with Gasteiger partial charge in [-0.2, -0.15) is 0 Å². The quantitative estimate of drug-likeness (QED) is 0.521. The van der Waals surface area contributed by atoms with Gasteiger partial charge >= 0.3 is 5.97 Å². The van der Waals surface area contributed by atoms with E-state index in [4.69, 9.17) is 14.2 Å². The van der Waals surface area contributed by atoms with Crippen LogP contribution in [-0.2, 0) is 19.0 Å². The second kappa shape index (κ2) is 7.74. The molecule has 2 atom stereocenters. The highest BCUT2D eigenvalue weighted by molar-refractivity contribution is 5.73. The van der Waals surface area contributed by atoms with E-state index in [-0.39, 0.29) is 17.8 Å². The van der Waals surface area contributed by atoms with Crippen LogP contribution in [0.5, 0.6) is 0 Å². The van der Waals surface area contributed by atoms with E-state index in [1.807, 2.05) is 27.7 Å². The average Bonchev–Trinajstić information content (AvgIpc) is 2.22. The third-order valence-corrected chi connectivity index (χ3v) is 2.79. The zero-order chi connectivity index (χ0) is 14.3. The van der Waals surface area contributed by atoms with Crippen molar-refractivity contribution in [1.29, 1.82) is 0 Å². The van der Waals surface area contributed by atoms with Gasteiger partial charge in [0.2, 0.25) is 0 Å². The minimum atomic E-state index is -0.554. The SMILES string of the molecule is CCCC(C)C(C(=O)OC(C)(C)C)C(OC)OC. The van der Waals surface area contributed by atoms with E-state index in [0.717, 1.165) is 12.8 Å². The molecular formula is C14H28O4. The minimum absolute atomic E-state index is 0.162. The topological polar surface area (TPSA) is 44.8 Å². The number of esters is 1. The summed E-state index contributed by atoms with van der Waals surface area (Å²) < 4.78 is 15.9. The van der Waals surface area contributed by atoms with Gasteiger partial charge in [-0.05, 0) is 33.1 Å². The highest BCUT2D eigenvalue weighted by Gasteiger charge is 2.36. The van der Waals surface area contributed by atoms with E-state index < -0.39 is 11.9 Å². The predicted octanol–water partition coefficient (Wildman–Crippen LogP) is 3.00. The van der Waals surface area contributed by atoms with Crippen LogP contribution < -0.4 is 0 Å². The Hall–Kier alpha value is -0.610. The van der Waals surface area contributed by atoms with Crippen LogP contribution >= 0.6 is 0 Å². The van der Waals surface area contributed by atoms with Crippen molar-refractivity contribution in [3.05, 3.63) is 0 Å². The molecule has 0 amide bonds. The highest BCUT2D eigenvalue weighted by atomic mass is 16.7. The largest absolute Gasteiger partial charge is 0.460 e. The second-order valence-electron chi connectivity index (χ2n) is 5.67. The lowest BCUT2D eigenvalue weighted by Crippen LogP contribution is -2.40. The van der Waals surface area contributed by atoms with Crippen molar-refractivity contribution in [2.24, 2.45) is 11.8 Å². The van der Waals surface area contributed by atoms with Crippen LogP contribution in [0.25, 0.3) is 0 Å². The van der Waals surface area contributed by atoms with Gasteiger partial charge in [0.15, 0.2) is 6.29 Å². The fraction of sp³-hybridized carbons (Fsp3) is 0.929. The highest BCUT2D eigenvalue weighted by Crippen LogP contribution is 2.26. The third kappa shape index (κ3) is 5.83. The summed E-state index contributed by atoms with van der Waals surface area (Å²) in [6.45, 7) is 9.71. The van der Waals surface area contributed by atoms with Crippen molar-refractivity contribution in [2.45, 2.75) is 59.4 Å². The summed E-state index contributed by atoms with van der Waals surface area (Å²) in [5.74, 6) is -0.480. The van der Waals surface area contributed by atoms with Gasteiger partial charge in [0.1, 0.15) is 11.5 Å². The zero-order valence-electron chi connectivity index (χ0n) is 12.8. The molecule has 0 saturated carbocycles. The fourth-order valence-electron chi connectivity index (χ4n) is 2.01. The van der Waals surface area contributed by atoms with Crippen molar-refractivity contribution < 1.29 is 19.0 Å². The molecule has 0 aliphatic heterocycles. The molecule has 0 rings (SSSR count). The number of methoxy groups -OCH3 is 2. The first-order valence-corrected chi connectivity index (χ1v) is 6.55. The van der Waals surface area contributed by atoms with Gasteiger partial charge in [0, 0.05) is 14.2 Å². The van der Waals surface area contributed by atoms with Crippen LogP contribution in [-0.4, -0.2) is 32.1 Å². The molecule has 0 aliphatic rings. The van der Waals surface area contributed by atoms with E-state index in [2.05, 4.69) is 6.92 Å². The molecule has 18 heavy (non-hydrogen) atoms. The zero-order valence-corrected chi connectivity index (χ0v) is 12.8. The molecule has 0 aromatic heterocycles. The standard InChI is InChI=1S/C14H28O4/c1-8-9-10(2)11(13(16-6)17-7)12(15)18-14(3,4)5/h10-11,13H,8-9H2,1-7H3. The first kappa shape index (κ1) is 17.4. The van der Waals surface area contributed by atoms with E-state index in [1.54, 1.807) is 14.2 Å². The molecule has 2 unspecified atom stereocenters. The number of hydrogen-bond donors (Lipinski definition) is 0. The fourth-order valence-corrected chi connectivity index (χ4v) is 2.01. The van der Waals surface area contributed by atoms with Gasteiger partial charge in [-0.3, -0.25) is 4.79 Å². The van der Waals surface area contributed by atoms with Crippen LogP contribution in [0.2, 0.25) is 0 Å². The molecule has 4 nitrogen and oxygen atoms in total. The molecule has 4 heteroatoms. The van der Waals surface area contributed by atoms with Gasteiger partial charge < -0.3 is 14.2 Å². The Morgan fingerprint density at radius 2 is 1.67 bits per heavy atom. The first-order valence-electron chi connectivity index (χ1n) is 6.55. The first-order chi connectivity index (χ1) is 8.26. The average molecular weight is 260 g/mol. The van der Waals surface area contributed by atoms with Crippen molar-refractivity contribution in [3.63, 3.8) is 0 Å². The predicted molar refractivity (Wildman–Crippen MR) is 71.2 cm³/mol. The molecular weight excluding hydrogens is 232 g/mol. The van der Waals surface area contributed by atoms with Gasteiger partial charge in [0.05, 0.1) is 0 Å². The lowest BCUT2D eigenvalue weighted by Gasteiger charge is -2.31. The van der Waals surface area contributed by atoms with Gasteiger partial charge in [0.25, 0.3) is 0 Å². The summed E-state index contributed by atoms with van der Waals surface area (Å²) in [5.41, 5.74) is -0.493. The normalized spacial score (nSPS) is 15.6. The van der Waals surface area contributed by atoms with Gasteiger partial charge in [-0.25, -0.2) is 0 Å². The summed E-state index contributed by atoms with van der Waals surface area (Å²) >= 11 is 0. The molecule has 0 spiro atoms. The lowest BCUT2D eigenvalue weighted by molar-refractivity contribution is -0.191. The van der Waals surface area contributed by atoms with Crippen LogP contribution in [0.1, 0.15) is 47.5 Å². The molecule has 0 N–H and O–H groups in total. The monoisotopic (exact) mass is 260 g/mol. The summed E-state index contributed by atoms with van der Waals surface area (Å²) in [4.78, 5) is 12.3. The van der Waals surface area contributed by atoms with E-state index >= 15 is 0 Å². The number of carbonyl (C=O) groups is 1. The molecule has 0 aromatic carbocycles. The van der Waals surface area contributed by atoms with Crippen LogP contribution in [0.4, 0.5) is 0 Å². The van der Waals surface area contributed by atoms with Crippen molar-refractivity contribution in [3.8, 4) is 0 Å². The summed E-state index contributed by atoms with van der Waals surface area (Å²) in [5, 5.41) is 0. The Morgan fingerprint density at radius 3 is 2.00 bits per heavy atom. The summed E-state index contributed by atoms with van der Waals surface area (Å²) in [6, 6.07) is 0. The molecule has 0 radical (unpaired) electrons. The summed E-state index contributed by atoms with van der Waals surface area (Å²) in [7, 11) is 3.09. The maximum Gasteiger partial charge on any atom is 0.314 e. The molecule has 0 bridgehead atoms. The van der Waals surface area contributed by atoms with E-state index in [0.29, 0.717) is 0 Å². The second-order valence-corrected chi connectivity index (χ2v) is 5.67. The van der Waals surface area contributed by atoms with Gasteiger partial charge in [-0.1, -0.05) is 20.3 Å². The van der Waals surface area contributed by atoms with E-state index in [9.17, 15) is 4.79 Å². The number of carbonyl (C=O) groups excluding carboxylic acids is 1. The van der Waals surface area contributed by atoms with Crippen LogP contribution in [0, 0.1) is 11.8 Å². The Balaban J connectivity index is 4.90. The molecule has 0 saturated heterocycles. The molecule has 0 aliphatic carbocycles. The molecule has 0 heterocycles. The third-order valence-electron chi connectivity index (χ3n) is 2.79. The van der Waals surface area contributed by atoms with Crippen molar-refractivity contribution in [1.82, 2.24) is 0 Å². The lowest BCUT2D eigenvalue weighted by atomic mass is 9.89. The Bertz CT molecular complexity index is 241. The molecule has 108 valence electrons. The van der Waals surface area contributed by atoms with E-state index in [1.165, 1.54) is 0 Å². The van der Waals surface area contributed by atoms with Gasteiger partial charge in [-0.15, -0.1) is 0 Å². The maximum absolute atomic E-state index is 12.3. The number of ether oxygens (including phenoxy) is 3. The number of hydrogen-bond acceptors (Lipinski definition) is 4. The Labute approximate surface area is 111 Å². The van der Waals surface area contributed by atoms with Crippen molar-refractivity contribution in [2.75, 3.05) is 14.2 Å². The maximum atomic E-state index is 12.3. The Kier molecular flexibility index (Phi) is 7.48. The smallest absolute Gasteiger partial charge is 0.314 e. The Morgan fingerprint density at radius 1 is 1.17 bits per heavy atom. The number of rotatable bonds is 7. The van der Waals surface area contributed by atoms with Crippen molar-refractivity contribution >= 4 is 5.97 Å².